The summed E-state index contributed by atoms with van der Waals surface area (Å²) in [7, 11) is 1.49. The summed E-state index contributed by atoms with van der Waals surface area (Å²) in [4.78, 5) is 16.6. The molecule has 1 aromatic carbocycles. The van der Waals surface area contributed by atoms with Crippen molar-refractivity contribution in [3.8, 4) is 17.1 Å². The van der Waals surface area contributed by atoms with Gasteiger partial charge in [0.05, 0.1) is 19.4 Å². The van der Waals surface area contributed by atoms with Crippen molar-refractivity contribution >= 4 is 11.6 Å². The van der Waals surface area contributed by atoms with Crippen molar-refractivity contribution in [1.82, 2.24) is 14.6 Å². The molecular formula is C18H19N3O4. The highest BCUT2D eigenvalue weighted by Crippen LogP contribution is 2.30. The third-order valence-electron chi connectivity index (χ3n) is 3.79. The van der Waals surface area contributed by atoms with Crippen LogP contribution in [-0.2, 0) is 9.53 Å². The number of fused-ring (bicyclic) bond motifs is 1. The number of carbonyl (C=O) groups is 1. The maximum absolute atomic E-state index is 12.1. The monoisotopic (exact) mass is 341 g/mol. The Balaban J connectivity index is 2.22. The molecule has 0 saturated heterocycles. The minimum atomic E-state index is -1.51. The Kier molecular flexibility index (Phi) is 4.67. The molecule has 0 aliphatic carbocycles. The third kappa shape index (κ3) is 3.18. The average Bonchev–Trinajstić information content (AvgIpc) is 3.00. The molecule has 1 atom stereocenters. The Morgan fingerprint density at radius 3 is 2.60 bits per heavy atom. The number of benzene rings is 1. The minimum Gasteiger partial charge on any atom is -0.480 e. The van der Waals surface area contributed by atoms with E-state index in [1.54, 1.807) is 19.1 Å². The van der Waals surface area contributed by atoms with Crippen LogP contribution in [0, 0.1) is 6.92 Å². The fraction of sp³-hybridized carbons (Fsp3) is 0.278. The van der Waals surface area contributed by atoms with E-state index in [2.05, 4.69) is 10.1 Å². The molecule has 0 aliphatic heterocycles. The first-order valence-electron chi connectivity index (χ1n) is 7.90. The second kappa shape index (κ2) is 6.90. The van der Waals surface area contributed by atoms with Crippen molar-refractivity contribution in [1.29, 1.82) is 0 Å². The summed E-state index contributed by atoms with van der Waals surface area (Å²) in [6.07, 6.45) is -1.51. The van der Waals surface area contributed by atoms with E-state index in [9.17, 15) is 9.90 Å². The number of aliphatic hydroxyl groups is 1. The molecular weight excluding hydrogens is 322 g/mol. The molecule has 0 saturated carbocycles. The van der Waals surface area contributed by atoms with Crippen molar-refractivity contribution in [3.05, 3.63) is 47.7 Å². The molecule has 2 aromatic heterocycles. The number of aliphatic hydroxyl groups excluding tert-OH is 1. The molecule has 0 amide bonds. The number of hydrogen-bond acceptors (Lipinski definition) is 6. The lowest BCUT2D eigenvalue weighted by atomic mass is 10.1. The van der Waals surface area contributed by atoms with Gasteiger partial charge in [0.15, 0.2) is 11.8 Å². The van der Waals surface area contributed by atoms with Gasteiger partial charge in [0.25, 0.3) is 0 Å². The van der Waals surface area contributed by atoms with Gasteiger partial charge in [-0.3, -0.25) is 0 Å². The quantitative estimate of drug-likeness (QED) is 0.717. The van der Waals surface area contributed by atoms with Gasteiger partial charge in [0.2, 0.25) is 5.88 Å². The predicted octanol–water partition coefficient (Wildman–Crippen LogP) is 2.31. The molecule has 25 heavy (non-hydrogen) atoms. The summed E-state index contributed by atoms with van der Waals surface area (Å²) in [5.41, 5.74) is 3.08. The van der Waals surface area contributed by atoms with Crippen LogP contribution in [0.25, 0.3) is 16.9 Å². The highest BCUT2D eigenvalue weighted by molar-refractivity contribution is 5.80. The van der Waals surface area contributed by atoms with Gasteiger partial charge in [0, 0.05) is 11.6 Å². The van der Waals surface area contributed by atoms with E-state index in [1.807, 2.05) is 31.2 Å². The molecule has 0 radical (unpaired) electrons. The van der Waals surface area contributed by atoms with Crippen LogP contribution in [0.15, 0.2) is 36.4 Å². The largest absolute Gasteiger partial charge is 0.480 e. The van der Waals surface area contributed by atoms with Crippen molar-refractivity contribution in [2.75, 3.05) is 13.7 Å². The molecule has 0 spiro atoms. The molecule has 7 heteroatoms. The van der Waals surface area contributed by atoms with Crippen molar-refractivity contribution in [3.63, 3.8) is 0 Å². The summed E-state index contributed by atoms with van der Waals surface area (Å²) in [5.74, 6) is -0.403. The van der Waals surface area contributed by atoms with Crippen LogP contribution in [-0.4, -0.2) is 39.4 Å². The number of esters is 1. The smallest absolute Gasteiger partial charge is 0.341 e. The van der Waals surface area contributed by atoms with E-state index in [0.717, 1.165) is 11.1 Å². The molecule has 1 unspecified atom stereocenters. The highest BCUT2D eigenvalue weighted by Gasteiger charge is 2.28. The minimum absolute atomic E-state index is 0.170. The number of nitrogens with zero attached hydrogens (tertiary/aromatic N) is 3. The van der Waals surface area contributed by atoms with E-state index < -0.39 is 12.1 Å². The average molecular weight is 341 g/mol. The molecule has 0 fully saturated rings. The normalized spacial score (nSPS) is 12.2. The fourth-order valence-electron chi connectivity index (χ4n) is 2.54. The number of rotatable bonds is 5. The van der Waals surface area contributed by atoms with Crippen LogP contribution in [0.4, 0.5) is 0 Å². The second-order valence-corrected chi connectivity index (χ2v) is 5.51. The zero-order valence-electron chi connectivity index (χ0n) is 14.3. The van der Waals surface area contributed by atoms with E-state index in [-0.39, 0.29) is 12.3 Å². The Morgan fingerprint density at radius 2 is 1.96 bits per heavy atom. The third-order valence-corrected chi connectivity index (χ3v) is 3.79. The molecule has 1 N–H and O–H groups in total. The number of methoxy groups -OCH3 is 1. The van der Waals surface area contributed by atoms with Gasteiger partial charge in [-0.05, 0) is 19.9 Å². The van der Waals surface area contributed by atoms with E-state index in [0.29, 0.717) is 17.2 Å². The van der Waals surface area contributed by atoms with Crippen LogP contribution >= 0.6 is 0 Å². The predicted molar refractivity (Wildman–Crippen MR) is 91.3 cm³/mol. The SMILES string of the molecule is CCOC(=O)C(O)c1c(-c2ccc(C)cc2)nc2ccc(OC)nn12. The highest BCUT2D eigenvalue weighted by atomic mass is 16.5. The van der Waals surface area contributed by atoms with Crippen LogP contribution in [0.3, 0.4) is 0 Å². The van der Waals surface area contributed by atoms with Gasteiger partial charge in [-0.25, -0.2) is 14.3 Å². The lowest BCUT2D eigenvalue weighted by molar-refractivity contribution is -0.153. The van der Waals surface area contributed by atoms with Crippen molar-refractivity contribution in [2.45, 2.75) is 20.0 Å². The van der Waals surface area contributed by atoms with Crippen LogP contribution in [0.5, 0.6) is 5.88 Å². The maximum atomic E-state index is 12.1. The van der Waals surface area contributed by atoms with Crippen LogP contribution < -0.4 is 4.74 Å². The number of carbonyl (C=O) groups excluding carboxylic acids is 1. The molecule has 3 aromatic rings. The lowest BCUT2D eigenvalue weighted by Gasteiger charge is -2.11. The van der Waals surface area contributed by atoms with Gasteiger partial charge < -0.3 is 14.6 Å². The topological polar surface area (TPSA) is 86.0 Å². The molecule has 7 nitrogen and oxygen atoms in total. The zero-order valence-corrected chi connectivity index (χ0v) is 14.3. The number of aryl methyl sites for hydroxylation is 1. The number of ether oxygens (including phenoxy) is 2. The molecule has 3 rings (SSSR count). The Bertz CT molecular complexity index is 903. The zero-order chi connectivity index (χ0) is 18.0. The van der Waals surface area contributed by atoms with Gasteiger partial charge >= 0.3 is 5.97 Å². The second-order valence-electron chi connectivity index (χ2n) is 5.51. The van der Waals surface area contributed by atoms with Gasteiger partial charge in [-0.15, -0.1) is 5.10 Å². The van der Waals surface area contributed by atoms with E-state index in [4.69, 9.17) is 9.47 Å². The first-order chi connectivity index (χ1) is 12.0. The molecule has 0 bridgehead atoms. The Hall–Kier alpha value is -2.93. The van der Waals surface area contributed by atoms with Crippen LogP contribution in [0.2, 0.25) is 0 Å². The van der Waals surface area contributed by atoms with Gasteiger partial charge in [-0.2, -0.15) is 0 Å². The number of aromatic nitrogens is 3. The van der Waals surface area contributed by atoms with Crippen molar-refractivity contribution in [2.24, 2.45) is 0 Å². The van der Waals surface area contributed by atoms with Gasteiger partial charge in [-0.1, -0.05) is 29.8 Å². The summed E-state index contributed by atoms with van der Waals surface area (Å²) in [5, 5.41) is 14.8. The lowest BCUT2D eigenvalue weighted by Crippen LogP contribution is -2.18. The fourth-order valence-corrected chi connectivity index (χ4v) is 2.54. The van der Waals surface area contributed by atoms with Crippen LogP contribution in [0.1, 0.15) is 24.3 Å². The summed E-state index contributed by atoms with van der Waals surface area (Å²) in [6, 6.07) is 11.0. The Labute approximate surface area is 144 Å². The first kappa shape index (κ1) is 16.9. The standard InChI is InChI=1S/C18H19N3O4/c1-4-25-18(23)17(22)16-15(12-7-5-11(2)6-8-12)19-13-9-10-14(24-3)20-21(13)16/h5-10,17,22H,4H2,1-3H3. The number of hydrogen-bond donors (Lipinski definition) is 1. The first-order valence-corrected chi connectivity index (χ1v) is 7.90. The Morgan fingerprint density at radius 1 is 1.24 bits per heavy atom. The summed E-state index contributed by atoms with van der Waals surface area (Å²) in [6.45, 7) is 3.83. The molecule has 0 aliphatic rings. The molecule has 2 heterocycles. The summed E-state index contributed by atoms with van der Waals surface area (Å²) < 4.78 is 11.5. The maximum Gasteiger partial charge on any atom is 0.341 e. The summed E-state index contributed by atoms with van der Waals surface area (Å²) >= 11 is 0. The van der Waals surface area contributed by atoms with E-state index >= 15 is 0 Å². The van der Waals surface area contributed by atoms with Gasteiger partial charge in [0.1, 0.15) is 5.69 Å². The number of imidazole rings is 1. The van der Waals surface area contributed by atoms with Crippen molar-refractivity contribution < 1.29 is 19.4 Å². The van der Waals surface area contributed by atoms with E-state index in [1.165, 1.54) is 11.6 Å². The molecule has 130 valence electrons.